The van der Waals surface area contributed by atoms with Crippen LogP contribution in [0, 0.1) is 5.82 Å². The van der Waals surface area contributed by atoms with Crippen LogP contribution < -0.4 is 9.64 Å². The topological polar surface area (TPSA) is 46.6 Å². The predicted molar refractivity (Wildman–Crippen MR) is 84.4 cm³/mol. The second-order valence-corrected chi connectivity index (χ2v) is 5.40. The first-order valence-electron chi connectivity index (χ1n) is 7.38. The Kier molecular flexibility index (Phi) is 4.10. The van der Waals surface area contributed by atoms with E-state index in [4.69, 9.17) is 4.74 Å². The van der Waals surface area contributed by atoms with Gasteiger partial charge in [0, 0.05) is 5.56 Å². The van der Waals surface area contributed by atoms with Crippen LogP contribution in [0.1, 0.15) is 22.8 Å². The highest BCUT2D eigenvalue weighted by Gasteiger charge is 2.25. The number of ketones is 1. The summed E-state index contributed by atoms with van der Waals surface area (Å²) < 4.78 is 19.3. The molecule has 1 aliphatic heterocycles. The Morgan fingerprint density at radius 2 is 2.00 bits per heavy atom. The zero-order valence-corrected chi connectivity index (χ0v) is 12.7. The molecule has 1 aliphatic rings. The summed E-state index contributed by atoms with van der Waals surface area (Å²) in [5.74, 6) is -0.143. The molecule has 0 aliphatic carbocycles. The molecule has 23 heavy (non-hydrogen) atoms. The molecule has 0 saturated heterocycles. The van der Waals surface area contributed by atoms with Gasteiger partial charge in [0.2, 0.25) is 5.91 Å². The molecule has 1 amide bonds. The Labute approximate surface area is 133 Å². The van der Waals surface area contributed by atoms with Gasteiger partial charge >= 0.3 is 0 Å². The van der Waals surface area contributed by atoms with Gasteiger partial charge in [0.1, 0.15) is 18.2 Å². The molecule has 5 heteroatoms. The molecule has 0 saturated carbocycles. The van der Waals surface area contributed by atoms with Crippen LogP contribution in [-0.2, 0) is 11.2 Å². The van der Waals surface area contributed by atoms with Crippen molar-refractivity contribution in [2.75, 3.05) is 18.1 Å². The molecule has 0 atom stereocenters. The first-order chi connectivity index (χ1) is 11.1. The number of carbonyl (C=O) groups is 2. The Morgan fingerprint density at radius 1 is 1.22 bits per heavy atom. The van der Waals surface area contributed by atoms with Crippen molar-refractivity contribution in [3.63, 3.8) is 0 Å². The molecule has 0 aromatic heterocycles. The molecule has 2 aromatic rings. The third-order valence-corrected chi connectivity index (χ3v) is 3.83. The number of fused-ring (bicyclic) bond motifs is 1. The van der Waals surface area contributed by atoms with Crippen molar-refractivity contribution in [1.29, 1.82) is 0 Å². The molecule has 3 rings (SSSR count). The van der Waals surface area contributed by atoms with Gasteiger partial charge in [-0.3, -0.25) is 9.59 Å². The standard InChI is InChI=1S/C18H16FNO3/c1-12(21)13-6-7-17-16(10-13)20(8-9-23-17)18(22)11-14-4-2-3-5-15(14)19/h2-7,10H,8-9,11H2,1H3. The van der Waals surface area contributed by atoms with Gasteiger partial charge in [-0.05, 0) is 36.8 Å². The van der Waals surface area contributed by atoms with E-state index in [-0.39, 0.29) is 18.1 Å². The first kappa shape index (κ1) is 15.2. The number of nitrogens with zero attached hydrogens (tertiary/aromatic N) is 1. The van der Waals surface area contributed by atoms with Crippen LogP contribution in [0.25, 0.3) is 0 Å². The number of Topliss-reactive ketones (excluding diaryl/α,β-unsaturated/α-hetero) is 1. The summed E-state index contributed by atoms with van der Waals surface area (Å²) in [6.07, 6.45) is -0.0313. The van der Waals surface area contributed by atoms with Crippen LogP contribution in [-0.4, -0.2) is 24.8 Å². The number of halogens is 1. The smallest absolute Gasteiger partial charge is 0.231 e. The van der Waals surface area contributed by atoms with Crippen LogP contribution >= 0.6 is 0 Å². The van der Waals surface area contributed by atoms with Crippen molar-refractivity contribution in [3.05, 3.63) is 59.4 Å². The number of hydrogen-bond donors (Lipinski definition) is 0. The van der Waals surface area contributed by atoms with Gasteiger partial charge < -0.3 is 9.64 Å². The van der Waals surface area contributed by atoms with E-state index in [9.17, 15) is 14.0 Å². The van der Waals surface area contributed by atoms with Gasteiger partial charge in [0.15, 0.2) is 5.78 Å². The van der Waals surface area contributed by atoms with Crippen LogP contribution in [0.4, 0.5) is 10.1 Å². The largest absolute Gasteiger partial charge is 0.490 e. The molecule has 4 nitrogen and oxygen atoms in total. The van der Waals surface area contributed by atoms with Crippen LogP contribution in [0.3, 0.4) is 0 Å². The fourth-order valence-corrected chi connectivity index (χ4v) is 2.60. The van der Waals surface area contributed by atoms with Gasteiger partial charge in [-0.2, -0.15) is 0 Å². The maximum Gasteiger partial charge on any atom is 0.231 e. The lowest BCUT2D eigenvalue weighted by Gasteiger charge is -2.30. The minimum atomic E-state index is -0.396. The number of amides is 1. The van der Waals surface area contributed by atoms with E-state index in [0.29, 0.717) is 35.7 Å². The molecule has 0 fully saturated rings. The van der Waals surface area contributed by atoms with E-state index in [1.54, 1.807) is 41.3 Å². The number of rotatable bonds is 3. The zero-order chi connectivity index (χ0) is 16.4. The highest BCUT2D eigenvalue weighted by atomic mass is 19.1. The van der Waals surface area contributed by atoms with E-state index in [1.165, 1.54) is 13.0 Å². The molecule has 1 heterocycles. The summed E-state index contributed by atoms with van der Waals surface area (Å²) in [4.78, 5) is 25.7. The Morgan fingerprint density at radius 3 is 2.74 bits per heavy atom. The van der Waals surface area contributed by atoms with Gasteiger partial charge in [0.05, 0.1) is 18.7 Å². The Bertz CT molecular complexity index is 773. The molecule has 0 N–H and O–H groups in total. The Balaban J connectivity index is 1.90. The minimum Gasteiger partial charge on any atom is -0.490 e. The monoisotopic (exact) mass is 313 g/mol. The normalized spacial score (nSPS) is 13.2. The van der Waals surface area contributed by atoms with E-state index in [0.717, 1.165) is 0 Å². The Hall–Kier alpha value is -2.69. The highest BCUT2D eigenvalue weighted by Crippen LogP contribution is 2.33. The number of carbonyl (C=O) groups excluding carboxylic acids is 2. The van der Waals surface area contributed by atoms with Crippen LogP contribution in [0.5, 0.6) is 5.75 Å². The van der Waals surface area contributed by atoms with E-state index < -0.39 is 5.82 Å². The lowest BCUT2D eigenvalue weighted by atomic mass is 10.1. The molecule has 0 radical (unpaired) electrons. The fraction of sp³-hybridized carbons (Fsp3) is 0.222. The number of benzene rings is 2. The van der Waals surface area contributed by atoms with E-state index >= 15 is 0 Å². The quantitative estimate of drug-likeness (QED) is 0.818. The van der Waals surface area contributed by atoms with Crippen molar-refractivity contribution < 1.29 is 18.7 Å². The SMILES string of the molecule is CC(=O)c1ccc2c(c1)N(C(=O)Cc1ccccc1F)CCO2. The third-order valence-electron chi connectivity index (χ3n) is 3.83. The molecule has 118 valence electrons. The van der Waals surface area contributed by atoms with Crippen molar-refractivity contribution >= 4 is 17.4 Å². The average molecular weight is 313 g/mol. The van der Waals surface area contributed by atoms with Crippen molar-refractivity contribution in [2.24, 2.45) is 0 Å². The number of ether oxygens (including phenoxy) is 1. The molecule has 0 bridgehead atoms. The lowest BCUT2D eigenvalue weighted by molar-refractivity contribution is -0.118. The third kappa shape index (κ3) is 3.08. The second-order valence-electron chi connectivity index (χ2n) is 5.40. The summed E-state index contributed by atoms with van der Waals surface area (Å²) in [6, 6.07) is 11.2. The second kappa shape index (κ2) is 6.20. The van der Waals surface area contributed by atoms with Gasteiger partial charge in [-0.1, -0.05) is 18.2 Å². The van der Waals surface area contributed by atoms with Gasteiger partial charge in [0.25, 0.3) is 0 Å². The van der Waals surface area contributed by atoms with Crippen LogP contribution in [0.2, 0.25) is 0 Å². The minimum absolute atomic E-state index is 0.0313. The zero-order valence-electron chi connectivity index (χ0n) is 12.7. The highest BCUT2D eigenvalue weighted by molar-refractivity contribution is 6.00. The van der Waals surface area contributed by atoms with E-state index in [2.05, 4.69) is 0 Å². The number of anilines is 1. The summed E-state index contributed by atoms with van der Waals surface area (Å²) in [7, 11) is 0. The molecular weight excluding hydrogens is 297 g/mol. The van der Waals surface area contributed by atoms with Crippen molar-refractivity contribution in [3.8, 4) is 5.75 Å². The van der Waals surface area contributed by atoms with Gasteiger partial charge in [-0.25, -0.2) is 4.39 Å². The molecule has 0 unspecified atom stereocenters. The van der Waals surface area contributed by atoms with Gasteiger partial charge in [-0.15, -0.1) is 0 Å². The van der Waals surface area contributed by atoms with E-state index in [1.807, 2.05) is 0 Å². The van der Waals surface area contributed by atoms with Crippen molar-refractivity contribution in [2.45, 2.75) is 13.3 Å². The maximum absolute atomic E-state index is 13.7. The average Bonchev–Trinajstić information content (AvgIpc) is 2.55. The fourth-order valence-electron chi connectivity index (χ4n) is 2.60. The summed E-state index contributed by atoms with van der Waals surface area (Å²) >= 11 is 0. The van der Waals surface area contributed by atoms with Crippen molar-refractivity contribution in [1.82, 2.24) is 0 Å². The number of hydrogen-bond acceptors (Lipinski definition) is 3. The predicted octanol–water partition coefficient (Wildman–Crippen LogP) is 3.00. The maximum atomic E-state index is 13.7. The van der Waals surface area contributed by atoms with Crippen LogP contribution in [0.15, 0.2) is 42.5 Å². The summed E-state index contributed by atoms with van der Waals surface area (Å²) in [6.45, 7) is 2.22. The summed E-state index contributed by atoms with van der Waals surface area (Å²) in [5, 5.41) is 0. The molecule has 2 aromatic carbocycles. The first-order valence-corrected chi connectivity index (χ1v) is 7.38. The lowest BCUT2D eigenvalue weighted by Crippen LogP contribution is -2.39. The summed E-state index contributed by atoms with van der Waals surface area (Å²) in [5.41, 5.74) is 1.43. The molecule has 0 spiro atoms. The molecular formula is C18H16FNO3.